The van der Waals surface area contributed by atoms with Gasteiger partial charge in [-0.15, -0.1) is 0 Å². The number of rotatable bonds is 6. The van der Waals surface area contributed by atoms with Gasteiger partial charge in [-0.2, -0.15) is 0 Å². The number of benzene rings is 1. The van der Waals surface area contributed by atoms with Gasteiger partial charge in [0.1, 0.15) is 11.5 Å². The van der Waals surface area contributed by atoms with Gasteiger partial charge in [0.05, 0.1) is 6.04 Å². The van der Waals surface area contributed by atoms with Gasteiger partial charge >= 0.3 is 0 Å². The van der Waals surface area contributed by atoms with Crippen LogP contribution in [-0.2, 0) is 4.79 Å². The van der Waals surface area contributed by atoms with Crippen LogP contribution in [0.5, 0.6) is 5.75 Å². The maximum absolute atomic E-state index is 10.7. The van der Waals surface area contributed by atoms with Crippen LogP contribution in [0.4, 0.5) is 5.69 Å². The molecule has 2 aromatic rings. The largest absolute Gasteiger partial charge is 0.484 e. The predicted molar refractivity (Wildman–Crippen MR) is 79.6 cm³/mol. The van der Waals surface area contributed by atoms with Crippen molar-refractivity contribution in [1.82, 2.24) is 0 Å². The minimum absolute atomic E-state index is 0.00712. The first-order valence-electron chi connectivity index (χ1n) is 6.07. The number of hydrogen-bond donors (Lipinski definition) is 2. The fraction of sp³-hybridized carbons (Fsp3) is 0.214. The Labute approximate surface area is 125 Å². The molecule has 0 aliphatic heterocycles. The molecule has 106 valence electrons. The number of primary amides is 1. The zero-order chi connectivity index (χ0) is 14.5. The van der Waals surface area contributed by atoms with Gasteiger partial charge in [0, 0.05) is 11.8 Å². The Bertz CT molecular complexity index is 598. The van der Waals surface area contributed by atoms with E-state index in [-0.39, 0.29) is 12.6 Å². The standard InChI is InChI=1S/C14H15BrN2O3/c1-9(12-5-6-13(15)20-12)17-10-3-2-4-11(7-10)19-8-14(16)18/h2-7,9,17H,8H2,1H3,(H2,16,18). The first-order chi connectivity index (χ1) is 9.54. The molecule has 0 saturated heterocycles. The summed E-state index contributed by atoms with van der Waals surface area (Å²) in [6.45, 7) is 1.85. The number of amides is 1. The van der Waals surface area contributed by atoms with Crippen LogP contribution in [0.2, 0.25) is 0 Å². The number of nitrogens with one attached hydrogen (secondary N) is 1. The minimum Gasteiger partial charge on any atom is -0.484 e. The lowest BCUT2D eigenvalue weighted by Crippen LogP contribution is -2.20. The third-order valence-electron chi connectivity index (χ3n) is 2.62. The molecule has 3 N–H and O–H groups in total. The van der Waals surface area contributed by atoms with Crippen LogP contribution in [0.1, 0.15) is 18.7 Å². The lowest BCUT2D eigenvalue weighted by molar-refractivity contribution is -0.119. The van der Waals surface area contributed by atoms with Crippen molar-refractivity contribution >= 4 is 27.5 Å². The summed E-state index contributed by atoms with van der Waals surface area (Å²) in [4.78, 5) is 10.7. The van der Waals surface area contributed by atoms with Crippen molar-refractivity contribution in [2.45, 2.75) is 13.0 Å². The van der Waals surface area contributed by atoms with Gasteiger partial charge in [0.25, 0.3) is 5.91 Å². The molecule has 0 spiro atoms. The number of halogens is 1. The maximum atomic E-state index is 10.7. The Morgan fingerprint density at radius 1 is 1.45 bits per heavy atom. The average Bonchev–Trinajstić information content (AvgIpc) is 2.84. The number of ether oxygens (including phenoxy) is 1. The highest BCUT2D eigenvalue weighted by atomic mass is 79.9. The van der Waals surface area contributed by atoms with Gasteiger partial charge in [-0.25, -0.2) is 0 Å². The summed E-state index contributed by atoms with van der Waals surface area (Å²) >= 11 is 3.27. The molecule has 0 bridgehead atoms. The van der Waals surface area contributed by atoms with Crippen LogP contribution in [-0.4, -0.2) is 12.5 Å². The second-order valence-corrected chi connectivity index (χ2v) is 5.07. The third kappa shape index (κ3) is 4.03. The lowest BCUT2D eigenvalue weighted by atomic mass is 10.2. The Morgan fingerprint density at radius 2 is 2.25 bits per heavy atom. The second kappa shape index (κ2) is 6.47. The molecule has 1 aromatic heterocycles. The summed E-state index contributed by atoms with van der Waals surface area (Å²) in [5, 5.41) is 3.29. The Kier molecular flexibility index (Phi) is 4.68. The van der Waals surface area contributed by atoms with Crippen LogP contribution < -0.4 is 15.8 Å². The molecule has 1 unspecified atom stereocenters. The van der Waals surface area contributed by atoms with Gasteiger partial charge < -0.3 is 20.2 Å². The van der Waals surface area contributed by atoms with E-state index in [1.807, 2.05) is 31.2 Å². The number of carbonyl (C=O) groups excluding carboxylic acids is 1. The summed E-state index contributed by atoms with van der Waals surface area (Å²) in [6.07, 6.45) is 0. The first kappa shape index (κ1) is 14.5. The van der Waals surface area contributed by atoms with E-state index in [4.69, 9.17) is 14.9 Å². The van der Waals surface area contributed by atoms with Gasteiger partial charge in [-0.05, 0) is 47.1 Å². The van der Waals surface area contributed by atoms with Crippen molar-refractivity contribution in [2.75, 3.05) is 11.9 Å². The molecular weight excluding hydrogens is 324 g/mol. The van der Waals surface area contributed by atoms with E-state index in [9.17, 15) is 4.79 Å². The molecule has 0 radical (unpaired) electrons. The number of furan rings is 1. The molecular formula is C14H15BrN2O3. The first-order valence-corrected chi connectivity index (χ1v) is 6.87. The summed E-state index contributed by atoms with van der Waals surface area (Å²) in [5.41, 5.74) is 5.91. The smallest absolute Gasteiger partial charge is 0.255 e. The minimum atomic E-state index is -0.503. The van der Waals surface area contributed by atoms with Crippen molar-refractivity contribution in [2.24, 2.45) is 5.73 Å². The summed E-state index contributed by atoms with van der Waals surface area (Å²) in [7, 11) is 0. The van der Waals surface area contributed by atoms with Crippen LogP contribution >= 0.6 is 15.9 Å². The van der Waals surface area contributed by atoms with Crippen molar-refractivity contribution in [3.05, 3.63) is 46.8 Å². The third-order valence-corrected chi connectivity index (χ3v) is 3.05. The summed E-state index contributed by atoms with van der Waals surface area (Å²) in [6, 6.07) is 11.1. The van der Waals surface area contributed by atoms with E-state index in [1.165, 1.54) is 0 Å². The second-order valence-electron chi connectivity index (χ2n) is 4.29. The highest BCUT2D eigenvalue weighted by Gasteiger charge is 2.10. The molecule has 5 nitrogen and oxygen atoms in total. The Balaban J connectivity index is 2.02. The molecule has 0 aliphatic rings. The maximum Gasteiger partial charge on any atom is 0.255 e. The van der Waals surface area contributed by atoms with E-state index < -0.39 is 5.91 Å². The van der Waals surface area contributed by atoms with Crippen LogP contribution in [0, 0.1) is 0 Å². The van der Waals surface area contributed by atoms with Gasteiger partial charge in [0.2, 0.25) is 0 Å². The molecule has 0 aliphatic carbocycles. The molecule has 1 amide bonds. The number of anilines is 1. The van der Waals surface area contributed by atoms with Crippen LogP contribution in [0.15, 0.2) is 45.5 Å². The number of nitrogens with two attached hydrogens (primary N) is 1. The normalized spacial score (nSPS) is 11.9. The predicted octanol–water partition coefficient (Wildman–Crippen LogP) is 3.08. The summed E-state index contributed by atoms with van der Waals surface area (Å²) < 4.78 is 11.4. The van der Waals surface area contributed by atoms with Crippen LogP contribution in [0.3, 0.4) is 0 Å². The quantitative estimate of drug-likeness (QED) is 0.848. The monoisotopic (exact) mass is 338 g/mol. The molecule has 20 heavy (non-hydrogen) atoms. The topological polar surface area (TPSA) is 77.5 Å². The number of hydrogen-bond acceptors (Lipinski definition) is 4. The summed E-state index contributed by atoms with van der Waals surface area (Å²) in [5.74, 6) is 0.902. The van der Waals surface area contributed by atoms with Gasteiger partial charge in [0.15, 0.2) is 11.3 Å². The van der Waals surface area contributed by atoms with E-state index in [1.54, 1.807) is 12.1 Å². The lowest BCUT2D eigenvalue weighted by Gasteiger charge is -2.14. The highest BCUT2D eigenvalue weighted by Crippen LogP contribution is 2.25. The molecule has 1 atom stereocenters. The molecule has 2 rings (SSSR count). The Hall–Kier alpha value is -1.95. The molecule has 1 aromatic carbocycles. The van der Waals surface area contributed by atoms with Gasteiger partial charge in [-0.1, -0.05) is 6.07 Å². The molecule has 6 heteroatoms. The van der Waals surface area contributed by atoms with E-state index in [2.05, 4.69) is 21.2 Å². The average molecular weight is 339 g/mol. The van der Waals surface area contributed by atoms with E-state index in [0.29, 0.717) is 10.4 Å². The number of carbonyl (C=O) groups is 1. The van der Waals surface area contributed by atoms with Crippen molar-refractivity contribution in [1.29, 1.82) is 0 Å². The van der Waals surface area contributed by atoms with Crippen molar-refractivity contribution in [3.63, 3.8) is 0 Å². The zero-order valence-corrected chi connectivity index (χ0v) is 12.5. The van der Waals surface area contributed by atoms with Crippen LogP contribution in [0.25, 0.3) is 0 Å². The molecule has 0 fully saturated rings. The highest BCUT2D eigenvalue weighted by molar-refractivity contribution is 9.10. The Morgan fingerprint density at radius 3 is 2.90 bits per heavy atom. The van der Waals surface area contributed by atoms with E-state index >= 15 is 0 Å². The fourth-order valence-electron chi connectivity index (χ4n) is 1.71. The van der Waals surface area contributed by atoms with Gasteiger partial charge in [-0.3, -0.25) is 4.79 Å². The van der Waals surface area contributed by atoms with Crippen molar-refractivity contribution < 1.29 is 13.9 Å². The fourth-order valence-corrected chi connectivity index (χ4v) is 2.03. The molecule has 1 heterocycles. The SMILES string of the molecule is CC(Nc1cccc(OCC(N)=O)c1)c1ccc(Br)o1. The van der Waals surface area contributed by atoms with Crippen molar-refractivity contribution in [3.8, 4) is 5.75 Å². The van der Waals surface area contributed by atoms with E-state index in [0.717, 1.165) is 11.4 Å². The molecule has 0 saturated carbocycles. The zero-order valence-electron chi connectivity index (χ0n) is 10.9.